The molecule has 2 aromatic carbocycles. The average Bonchev–Trinajstić information content (AvgIpc) is 3.06. The van der Waals surface area contributed by atoms with Crippen LogP contribution in [-0.2, 0) is 21.4 Å². The molecular formula is C18H20FNO3S. The Morgan fingerprint density at radius 3 is 2.50 bits per heavy atom. The van der Waals surface area contributed by atoms with Crippen molar-refractivity contribution in [2.45, 2.75) is 30.4 Å². The van der Waals surface area contributed by atoms with E-state index >= 15 is 0 Å². The lowest BCUT2D eigenvalue weighted by molar-refractivity contribution is 0.0873. The Morgan fingerprint density at radius 2 is 1.79 bits per heavy atom. The smallest absolute Gasteiger partial charge is 0.243 e. The van der Waals surface area contributed by atoms with Crippen molar-refractivity contribution in [3.05, 3.63) is 66.0 Å². The van der Waals surface area contributed by atoms with Crippen molar-refractivity contribution in [3.63, 3.8) is 0 Å². The number of hydrogen-bond donors (Lipinski definition) is 0. The van der Waals surface area contributed by atoms with E-state index in [1.54, 1.807) is 0 Å². The molecule has 1 atom stereocenters. The van der Waals surface area contributed by atoms with Gasteiger partial charge in [0.25, 0.3) is 0 Å². The quantitative estimate of drug-likeness (QED) is 0.805. The van der Waals surface area contributed by atoms with Gasteiger partial charge in [-0.3, -0.25) is 0 Å². The first-order valence-corrected chi connectivity index (χ1v) is 9.40. The molecule has 0 radical (unpaired) electrons. The topological polar surface area (TPSA) is 46.6 Å². The van der Waals surface area contributed by atoms with Gasteiger partial charge in [0, 0.05) is 12.6 Å². The first-order valence-electron chi connectivity index (χ1n) is 7.96. The second kappa shape index (κ2) is 7.42. The Kier molecular flexibility index (Phi) is 5.28. The van der Waals surface area contributed by atoms with E-state index in [-0.39, 0.29) is 10.9 Å². The van der Waals surface area contributed by atoms with Crippen molar-refractivity contribution in [1.82, 2.24) is 4.31 Å². The predicted molar refractivity (Wildman–Crippen MR) is 89.4 cm³/mol. The molecular weight excluding hydrogens is 329 g/mol. The number of rotatable bonds is 6. The van der Waals surface area contributed by atoms with E-state index in [1.807, 2.05) is 30.3 Å². The highest BCUT2D eigenvalue weighted by Gasteiger charge is 2.35. The van der Waals surface area contributed by atoms with Crippen molar-refractivity contribution in [1.29, 1.82) is 0 Å². The summed E-state index contributed by atoms with van der Waals surface area (Å²) in [6.07, 6.45) is 1.58. The van der Waals surface area contributed by atoms with Crippen molar-refractivity contribution in [2.75, 3.05) is 13.2 Å². The van der Waals surface area contributed by atoms with Crippen LogP contribution in [0.2, 0.25) is 0 Å². The Labute approximate surface area is 141 Å². The number of nitrogens with zero attached hydrogens (tertiary/aromatic N) is 1. The summed E-state index contributed by atoms with van der Waals surface area (Å²) < 4.78 is 45.7. The van der Waals surface area contributed by atoms with Gasteiger partial charge >= 0.3 is 0 Å². The number of ether oxygens (including phenoxy) is 1. The summed E-state index contributed by atoms with van der Waals surface area (Å²) in [5.41, 5.74) is 1.06. The molecule has 0 unspecified atom stereocenters. The van der Waals surface area contributed by atoms with Gasteiger partial charge in [-0.2, -0.15) is 4.31 Å². The van der Waals surface area contributed by atoms with Gasteiger partial charge < -0.3 is 4.74 Å². The fourth-order valence-corrected chi connectivity index (χ4v) is 4.60. The molecule has 1 fully saturated rings. The largest absolute Gasteiger partial charge is 0.375 e. The van der Waals surface area contributed by atoms with E-state index in [1.165, 1.54) is 28.6 Å². The zero-order chi connectivity index (χ0) is 17.0. The van der Waals surface area contributed by atoms with Crippen LogP contribution in [0.15, 0.2) is 59.5 Å². The van der Waals surface area contributed by atoms with Crippen LogP contribution in [0, 0.1) is 5.82 Å². The third-order valence-electron chi connectivity index (χ3n) is 4.17. The van der Waals surface area contributed by atoms with Gasteiger partial charge in [-0.1, -0.05) is 30.3 Å². The van der Waals surface area contributed by atoms with Crippen LogP contribution in [0.4, 0.5) is 4.39 Å². The molecule has 0 bridgehead atoms. The number of sulfonamides is 1. The van der Waals surface area contributed by atoms with Gasteiger partial charge in [-0.15, -0.1) is 0 Å². The Morgan fingerprint density at radius 1 is 1.08 bits per heavy atom. The van der Waals surface area contributed by atoms with Crippen LogP contribution >= 0.6 is 0 Å². The minimum absolute atomic E-state index is 0.124. The highest BCUT2D eigenvalue weighted by atomic mass is 32.2. The fraction of sp³-hybridized carbons (Fsp3) is 0.333. The summed E-state index contributed by atoms with van der Waals surface area (Å²) in [5, 5.41) is 0. The van der Waals surface area contributed by atoms with Gasteiger partial charge in [-0.25, -0.2) is 12.8 Å². The molecule has 128 valence electrons. The SMILES string of the molecule is O=S(=O)(c1ccc(F)cc1)N1CCC[C@@H]1COCc1ccccc1. The summed E-state index contributed by atoms with van der Waals surface area (Å²) in [5.74, 6) is -0.446. The molecule has 3 rings (SSSR count). The second-order valence-electron chi connectivity index (χ2n) is 5.87. The summed E-state index contributed by atoms with van der Waals surface area (Å²) in [7, 11) is -3.61. The Hall–Kier alpha value is -1.76. The van der Waals surface area contributed by atoms with Gasteiger partial charge in [0.1, 0.15) is 5.82 Å². The van der Waals surface area contributed by atoms with Gasteiger partial charge in [-0.05, 0) is 42.7 Å². The standard InChI is InChI=1S/C18H20FNO3S/c19-16-8-10-18(11-9-16)24(21,22)20-12-4-7-17(20)14-23-13-15-5-2-1-3-6-15/h1-3,5-6,8-11,17H,4,7,12-14H2/t17-/m1/s1. The molecule has 4 nitrogen and oxygen atoms in total. The van der Waals surface area contributed by atoms with E-state index < -0.39 is 15.8 Å². The molecule has 0 spiro atoms. The lowest BCUT2D eigenvalue weighted by atomic mass is 10.2. The minimum Gasteiger partial charge on any atom is -0.375 e. The van der Waals surface area contributed by atoms with Crippen LogP contribution < -0.4 is 0 Å². The van der Waals surface area contributed by atoms with E-state index in [2.05, 4.69) is 0 Å². The molecule has 2 aromatic rings. The van der Waals surface area contributed by atoms with Gasteiger partial charge in [0.05, 0.1) is 18.1 Å². The molecule has 0 aromatic heterocycles. The molecule has 0 amide bonds. The molecule has 1 heterocycles. The summed E-state index contributed by atoms with van der Waals surface area (Å²) >= 11 is 0. The number of hydrogen-bond acceptors (Lipinski definition) is 3. The van der Waals surface area contributed by atoms with Gasteiger partial charge in [0.15, 0.2) is 0 Å². The second-order valence-corrected chi connectivity index (χ2v) is 7.76. The summed E-state index contributed by atoms with van der Waals surface area (Å²) in [4.78, 5) is 0.124. The normalized spacial score (nSPS) is 18.8. The first-order chi connectivity index (χ1) is 11.6. The Balaban J connectivity index is 1.65. The van der Waals surface area contributed by atoms with E-state index in [9.17, 15) is 12.8 Å². The lowest BCUT2D eigenvalue weighted by Crippen LogP contribution is -2.38. The first kappa shape index (κ1) is 17.1. The van der Waals surface area contributed by atoms with Crippen LogP contribution in [-0.4, -0.2) is 31.9 Å². The van der Waals surface area contributed by atoms with Crippen molar-refractivity contribution in [2.24, 2.45) is 0 Å². The molecule has 0 N–H and O–H groups in total. The minimum atomic E-state index is -3.61. The molecule has 1 aliphatic heterocycles. The Bertz CT molecular complexity index is 763. The van der Waals surface area contributed by atoms with Crippen molar-refractivity contribution in [3.8, 4) is 0 Å². The molecule has 6 heteroatoms. The van der Waals surface area contributed by atoms with E-state index in [4.69, 9.17) is 4.74 Å². The summed E-state index contributed by atoms with van der Waals surface area (Å²) in [6.45, 7) is 1.29. The number of benzene rings is 2. The van der Waals surface area contributed by atoms with Crippen molar-refractivity contribution < 1.29 is 17.5 Å². The van der Waals surface area contributed by atoms with Crippen LogP contribution in [0.1, 0.15) is 18.4 Å². The molecule has 1 aliphatic rings. The monoisotopic (exact) mass is 349 g/mol. The van der Waals surface area contributed by atoms with E-state index in [0.29, 0.717) is 19.8 Å². The van der Waals surface area contributed by atoms with Crippen LogP contribution in [0.3, 0.4) is 0 Å². The van der Waals surface area contributed by atoms with Crippen LogP contribution in [0.25, 0.3) is 0 Å². The third kappa shape index (κ3) is 3.83. The average molecular weight is 349 g/mol. The zero-order valence-electron chi connectivity index (χ0n) is 13.3. The van der Waals surface area contributed by atoms with Crippen molar-refractivity contribution >= 4 is 10.0 Å². The third-order valence-corrected chi connectivity index (χ3v) is 6.13. The highest BCUT2D eigenvalue weighted by Crippen LogP contribution is 2.26. The predicted octanol–water partition coefficient (Wildman–Crippen LogP) is 3.20. The van der Waals surface area contributed by atoms with Gasteiger partial charge in [0.2, 0.25) is 10.0 Å². The maximum atomic E-state index is 13.0. The molecule has 0 aliphatic carbocycles. The highest BCUT2D eigenvalue weighted by molar-refractivity contribution is 7.89. The molecule has 0 saturated carbocycles. The van der Waals surface area contributed by atoms with Crippen LogP contribution in [0.5, 0.6) is 0 Å². The van der Waals surface area contributed by atoms with E-state index in [0.717, 1.165) is 18.4 Å². The summed E-state index contributed by atoms with van der Waals surface area (Å²) in [6, 6.07) is 14.6. The molecule has 24 heavy (non-hydrogen) atoms. The number of halogens is 1. The molecule has 1 saturated heterocycles. The lowest BCUT2D eigenvalue weighted by Gasteiger charge is -2.24. The maximum absolute atomic E-state index is 13.0. The maximum Gasteiger partial charge on any atom is 0.243 e. The zero-order valence-corrected chi connectivity index (χ0v) is 14.1. The fourth-order valence-electron chi connectivity index (χ4n) is 2.92.